The molecule has 1 aliphatic heterocycles. The monoisotopic (exact) mass is 386 g/mol. The van der Waals surface area contributed by atoms with Gasteiger partial charge in [0.1, 0.15) is 11.2 Å². The molecule has 27 heavy (non-hydrogen) atoms. The first kappa shape index (κ1) is 19.4. The van der Waals surface area contributed by atoms with Gasteiger partial charge >= 0.3 is 0 Å². The minimum absolute atomic E-state index is 0.0167. The van der Waals surface area contributed by atoms with Crippen LogP contribution in [0.15, 0.2) is 48.5 Å². The number of carbonyl (C=O) groups is 2. The Balaban J connectivity index is 1.70. The van der Waals surface area contributed by atoms with Crippen LogP contribution in [0.4, 0.5) is 15.8 Å². The third-order valence-corrected chi connectivity index (χ3v) is 5.65. The smallest absolute Gasteiger partial charge is 0.238 e. The Kier molecular flexibility index (Phi) is 6.50. The van der Waals surface area contributed by atoms with Crippen molar-refractivity contribution in [2.24, 2.45) is 0 Å². The van der Waals surface area contributed by atoms with Crippen molar-refractivity contribution in [3.8, 4) is 0 Å². The molecule has 142 valence electrons. The van der Waals surface area contributed by atoms with E-state index in [1.165, 1.54) is 23.9 Å². The zero-order valence-corrected chi connectivity index (χ0v) is 16.1. The predicted octanol–water partition coefficient (Wildman–Crippen LogP) is 5.12. The fourth-order valence-corrected chi connectivity index (χ4v) is 4.24. The maximum absolute atomic E-state index is 13.6. The normalized spacial score (nSPS) is 16.6. The number of amides is 2. The van der Waals surface area contributed by atoms with E-state index in [2.05, 4.69) is 12.2 Å². The summed E-state index contributed by atoms with van der Waals surface area (Å²) in [7, 11) is 0. The highest BCUT2D eigenvalue weighted by Crippen LogP contribution is 2.42. The fourth-order valence-electron chi connectivity index (χ4n) is 3.07. The van der Waals surface area contributed by atoms with E-state index >= 15 is 0 Å². The molecule has 0 spiro atoms. The van der Waals surface area contributed by atoms with Crippen LogP contribution in [0.3, 0.4) is 0 Å². The lowest BCUT2D eigenvalue weighted by Crippen LogP contribution is -2.27. The maximum Gasteiger partial charge on any atom is 0.238 e. The van der Waals surface area contributed by atoms with E-state index in [0.29, 0.717) is 17.9 Å². The molecule has 0 radical (unpaired) electrons. The van der Waals surface area contributed by atoms with Gasteiger partial charge in [0.25, 0.3) is 0 Å². The van der Waals surface area contributed by atoms with Crippen LogP contribution in [-0.4, -0.2) is 17.6 Å². The van der Waals surface area contributed by atoms with Gasteiger partial charge in [0.2, 0.25) is 11.8 Å². The Bertz CT molecular complexity index is 810. The molecule has 2 aromatic carbocycles. The Hall–Kier alpha value is -2.34. The van der Waals surface area contributed by atoms with E-state index in [0.717, 1.165) is 30.5 Å². The van der Waals surface area contributed by atoms with Crippen LogP contribution in [0.1, 0.15) is 43.5 Å². The summed E-state index contributed by atoms with van der Waals surface area (Å²) in [5, 5.41) is 2.70. The number of anilines is 2. The first-order chi connectivity index (χ1) is 13.1. The summed E-state index contributed by atoms with van der Waals surface area (Å²) in [4.78, 5) is 25.9. The molecular formula is C21H23FN2O2S. The molecule has 1 atom stereocenters. The second-order valence-electron chi connectivity index (χ2n) is 6.53. The first-order valence-electron chi connectivity index (χ1n) is 9.17. The second kappa shape index (κ2) is 9.04. The van der Waals surface area contributed by atoms with Gasteiger partial charge in [-0.3, -0.25) is 14.5 Å². The molecule has 0 aromatic heterocycles. The molecule has 1 heterocycles. The quantitative estimate of drug-likeness (QED) is 0.672. The van der Waals surface area contributed by atoms with Gasteiger partial charge in [-0.25, -0.2) is 4.39 Å². The van der Waals surface area contributed by atoms with E-state index in [1.54, 1.807) is 17.0 Å². The van der Waals surface area contributed by atoms with Crippen LogP contribution in [0.5, 0.6) is 0 Å². The highest BCUT2D eigenvalue weighted by atomic mass is 32.2. The van der Waals surface area contributed by atoms with Crippen LogP contribution in [-0.2, 0) is 9.59 Å². The Morgan fingerprint density at radius 2 is 2.00 bits per heavy atom. The van der Waals surface area contributed by atoms with E-state index in [4.69, 9.17) is 0 Å². The summed E-state index contributed by atoms with van der Waals surface area (Å²) in [5.41, 5.74) is 2.24. The van der Waals surface area contributed by atoms with Gasteiger partial charge in [-0.2, -0.15) is 0 Å². The van der Waals surface area contributed by atoms with Crippen molar-refractivity contribution in [1.82, 2.24) is 0 Å². The zero-order valence-electron chi connectivity index (χ0n) is 15.3. The highest BCUT2D eigenvalue weighted by Gasteiger charge is 2.34. The number of hydrogen-bond acceptors (Lipinski definition) is 3. The zero-order chi connectivity index (χ0) is 19.2. The van der Waals surface area contributed by atoms with E-state index < -0.39 is 0 Å². The van der Waals surface area contributed by atoms with Crippen LogP contribution in [0, 0.1) is 5.82 Å². The van der Waals surface area contributed by atoms with Gasteiger partial charge in [0.15, 0.2) is 0 Å². The Morgan fingerprint density at radius 1 is 1.22 bits per heavy atom. The first-order valence-corrected chi connectivity index (χ1v) is 10.2. The largest absolute Gasteiger partial charge is 0.326 e. The third-order valence-electron chi connectivity index (χ3n) is 4.44. The molecule has 1 fully saturated rings. The predicted molar refractivity (Wildman–Crippen MR) is 108 cm³/mol. The van der Waals surface area contributed by atoms with Gasteiger partial charge in [-0.1, -0.05) is 38.0 Å². The fraction of sp³-hybridized carbons (Fsp3) is 0.333. The average molecular weight is 386 g/mol. The standard InChI is InChI=1S/C21H23FN2O2S/c1-2-3-4-8-19(25)23-17-11-9-15(10-12-17)21-24(20(26)14-27-21)18-7-5-6-16(22)13-18/h5-7,9-13,21H,2-4,8,14H2,1H3,(H,23,25)/t21-/m0/s1. The van der Waals surface area contributed by atoms with E-state index in [-0.39, 0.29) is 23.0 Å². The SMILES string of the molecule is CCCCCC(=O)Nc1ccc([C@@H]2SCC(=O)N2c2cccc(F)c2)cc1. The minimum atomic E-state index is -0.364. The molecule has 0 unspecified atom stereocenters. The summed E-state index contributed by atoms with van der Waals surface area (Å²) >= 11 is 1.51. The molecular weight excluding hydrogens is 363 g/mol. The van der Waals surface area contributed by atoms with Crippen molar-refractivity contribution in [1.29, 1.82) is 0 Å². The van der Waals surface area contributed by atoms with E-state index in [9.17, 15) is 14.0 Å². The van der Waals surface area contributed by atoms with Gasteiger partial charge in [0.05, 0.1) is 5.75 Å². The molecule has 2 amide bonds. The number of hydrogen-bond donors (Lipinski definition) is 1. The van der Waals surface area contributed by atoms with E-state index in [1.807, 2.05) is 24.3 Å². The Morgan fingerprint density at radius 3 is 2.70 bits per heavy atom. The van der Waals surface area contributed by atoms with Crippen LogP contribution < -0.4 is 10.2 Å². The lowest BCUT2D eigenvalue weighted by molar-refractivity contribution is -0.116. The van der Waals surface area contributed by atoms with Gasteiger partial charge in [0, 0.05) is 17.8 Å². The van der Waals surface area contributed by atoms with Crippen molar-refractivity contribution >= 4 is 35.0 Å². The number of thioether (sulfide) groups is 1. The van der Waals surface area contributed by atoms with Gasteiger partial charge in [-0.15, -0.1) is 11.8 Å². The van der Waals surface area contributed by atoms with Crippen LogP contribution in [0.25, 0.3) is 0 Å². The number of unbranched alkanes of at least 4 members (excludes halogenated alkanes) is 2. The molecule has 0 saturated carbocycles. The third kappa shape index (κ3) is 4.89. The number of nitrogens with one attached hydrogen (secondary N) is 1. The van der Waals surface area contributed by atoms with Crippen molar-refractivity contribution in [3.63, 3.8) is 0 Å². The van der Waals surface area contributed by atoms with Gasteiger partial charge < -0.3 is 5.32 Å². The van der Waals surface area contributed by atoms with Crippen LogP contribution >= 0.6 is 11.8 Å². The molecule has 4 nitrogen and oxygen atoms in total. The number of rotatable bonds is 7. The maximum atomic E-state index is 13.6. The molecule has 1 N–H and O–H groups in total. The molecule has 3 rings (SSSR count). The summed E-state index contributed by atoms with van der Waals surface area (Å²) in [6.45, 7) is 2.11. The lowest BCUT2D eigenvalue weighted by Gasteiger charge is -2.24. The number of halogens is 1. The van der Waals surface area contributed by atoms with Crippen molar-refractivity contribution in [2.45, 2.75) is 38.0 Å². The molecule has 6 heteroatoms. The summed E-state index contributed by atoms with van der Waals surface area (Å²) in [5.74, 6) is -0.0270. The Labute approximate surface area is 163 Å². The van der Waals surface area contributed by atoms with Crippen molar-refractivity contribution < 1.29 is 14.0 Å². The average Bonchev–Trinajstić information content (AvgIpc) is 3.04. The molecule has 2 aromatic rings. The second-order valence-corrected chi connectivity index (χ2v) is 7.60. The summed E-state index contributed by atoms with van der Waals surface area (Å²) in [6.07, 6.45) is 3.55. The minimum Gasteiger partial charge on any atom is -0.326 e. The van der Waals surface area contributed by atoms with Gasteiger partial charge in [-0.05, 0) is 42.3 Å². The number of carbonyl (C=O) groups excluding carboxylic acids is 2. The summed E-state index contributed by atoms with van der Waals surface area (Å²) in [6, 6.07) is 13.6. The topological polar surface area (TPSA) is 49.4 Å². The molecule has 0 bridgehead atoms. The van der Waals surface area contributed by atoms with Crippen molar-refractivity contribution in [3.05, 3.63) is 59.9 Å². The highest BCUT2D eigenvalue weighted by molar-refractivity contribution is 8.00. The number of benzene rings is 2. The molecule has 0 aliphatic carbocycles. The van der Waals surface area contributed by atoms with Crippen LogP contribution in [0.2, 0.25) is 0 Å². The number of nitrogens with zero attached hydrogens (tertiary/aromatic N) is 1. The lowest BCUT2D eigenvalue weighted by atomic mass is 10.1. The molecule has 1 aliphatic rings. The van der Waals surface area contributed by atoms with Crippen molar-refractivity contribution in [2.75, 3.05) is 16.0 Å². The summed E-state index contributed by atoms with van der Waals surface area (Å²) < 4.78 is 13.6. The molecule has 1 saturated heterocycles.